The minimum Gasteiger partial charge on any atom is -0.493 e. The Labute approximate surface area is 200 Å². The fourth-order valence-electron chi connectivity index (χ4n) is 3.83. The van der Waals surface area contributed by atoms with Crippen molar-refractivity contribution >= 4 is 51.1 Å². The van der Waals surface area contributed by atoms with E-state index >= 15 is 0 Å². The Kier molecular flexibility index (Phi) is 6.94. The molecule has 4 rings (SSSR count). The highest BCUT2D eigenvalue weighted by Crippen LogP contribution is 2.39. The predicted molar refractivity (Wildman–Crippen MR) is 128 cm³/mol. The molecule has 1 fully saturated rings. The second kappa shape index (κ2) is 9.88. The van der Waals surface area contributed by atoms with Crippen molar-refractivity contribution in [2.75, 3.05) is 37.5 Å². The van der Waals surface area contributed by atoms with Crippen LogP contribution in [0.4, 0.5) is 16.6 Å². The normalized spacial score (nSPS) is 14.4. The molecular formula is C22H25ClN4O5S. The number of nitrogens with one attached hydrogen (secondary N) is 1. The summed E-state index contributed by atoms with van der Waals surface area (Å²) in [5.41, 5.74) is 0.996. The van der Waals surface area contributed by atoms with E-state index in [1.807, 2.05) is 30.0 Å². The Morgan fingerprint density at radius 2 is 1.97 bits per heavy atom. The molecule has 1 aromatic carbocycles. The van der Waals surface area contributed by atoms with Gasteiger partial charge in [0, 0.05) is 37.4 Å². The Morgan fingerprint density at radius 1 is 1.24 bits per heavy atom. The van der Waals surface area contributed by atoms with E-state index in [1.54, 1.807) is 14.2 Å². The van der Waals surface area contributed by atoms with Crippen molar-refractivity contribution in [1.82, 2.24) is 9.97 Å². The maximum absolute atomic E-state index is 10.8. The zero-order chi connectivity index (χ0) is 23.5. The number of hydrogen-bond acceptors (Lipinski definition) is 9. The van der Waals surface area contributed by atoms with Gasteiger partial charge in [0.05, 0.1) is 24.6 Å². The molecule has 0 radical (unpaired) electrons. The van der Waals surface area contributed by atoms with Crippen LogP contribution in [0.15, 0.2) is 18.2 Å². The summed E-state index contributed by atoms with van der Waals surface area (Å²) in [5, 5.41) is 13.7. The molecule has 0 bridgehead atoms. The van der Waals surface area contributed by atoms with Gasteiger partial charge in [0.2, 0.25) is 5.95 Å². The fraction of sp³-hybridized carbons (Fsp3) is 0.409. The molecule has 0 aliphatic carbocycles. The number of piperidine rings is 1. The van der Waals surface area contributed by atoms with E-state index in [0.717, 1.165) is 20.7 Å². The molecule has 33 heavy (non-hydrogen) atoms. The number of carboxylic acid groups (broad SMARTS) is 1. The molecule has 0 spiro atoms. The lowest BCUT2D eigenvalue weighted by Gasteiger charge is -2.31. The molecule has 2 aromatic heterocycles. The summed E-state index contributed by atoms with van der Waals surface area (Å²) in [6.07, 6.45) is -0.362. The van der Waals surface area contributed by atoms with Gasteiger partial charge in [-0.15, -0.1) is 11.3 Å². The van der Waals surface area contributed by atoms with Crippen molar-refractivity contribution < 1.29 is 24.1 Å². The Morgan fingerprint density at radius 3 is 2.64 bits per heavy atom. The largest absolute Gasteiger partial charge is 0.506 e. The molecule has 3 aromatic rings. The number of anilines is 2. The number of ether oxygens (including phenoxy) is 3. The van der Waals surface area contributed by atoms with Crippen molar-refractivity contribution in [2.24, 2.45) is 0 Å². The highest BCUT2D eigenvalue weighted by Gasteiger charge is 2.25. The molecule has 3 heterocycles. The Balaban J connectivity index is 1.59. The molecule has 1 aliphatic heterocycles. The molecule has 176 valence electrons. The number of benzene rings is 1. The second-order valence-electron chi connectivity index (χ2n) is 7.64. The molecule has 0 unspecified atom stereocenters. The quantitative estimate of drug-likeness (QED) is 0.443. The summed E-state index contributed by atoms with van der Waals surface area (Å²) in [5.74, 6) is 2.56. The van der Waals surface area contributed by atoms with Crippen molar-refractivity contribution in [3.8, 4) is 11.5 Å². The zero-order valence-electron chi connectivity index (χ0n) is 18.6. The highest BCUT2D eigenvalue weighted by atomic mass is 35.5. The highest BCUT2D eigenvalue weighted by molar-refractivity contribution is 7.19. The van der Waals surface area contributed by atoms with Crippen molar-refractivity contribution in [1.29, 1.82) is 0 Å². The van der Waals surface area contributed by atoms with Crippen LogP contribution in [0.3, 0.4) is 0 Å². The number of carbonyl (C=O) groups is 1. The number of fused-ring (bicyclic) bond motifs is 1. The van der Waals surface area contributed by atoms with E-state index in [0.29, 0.717) is 60.8 Å². The van der Waals surface area contributed by atoms with E-state index in [1.165, 1.54) is 11.3 Å². The topological polar surface area (TPSA) is 106 Å². The summed E-state index contributed by atoms with van der Waals surface area (Å²) in [6, 6.07) is 5.74. The van der Waals surface area contributed by atoms with Crippen molar-refractivity contribution in [3.05, 3.63) is 33.7 Å². The summed E-state index contributed by atoms with van der Waals surface area (Å²) in [6.45, 7) is 3.68. The summed E-state index contributed by atoms with van der Waals surface area (Å²) in [4.78, 5) is 24.2. The average molecular weight is 493 g/mol. The molecule has 1 aliphatic rings. The minimum absolute atomic E-state index is 0.302. The first-order chi connectivity index (χ1) is 15.9. The van der Waals surface area contributed by atoms with Crippen molar-refractivity contribution in [3.63, 3.8) is 0 Å². The van der Waals surface area contributed by atoms with Gasteiger partial charge in [-0.3, -0.25) is 0 Å². The SMILES string of the molecule is COc1ccc(CNc2nc(N3CCC(OC(=O)O)CC3)nc3sc(C)c(Cl)c23)cc1OC. The predicted octanol–water partition coefficient (Wildman–Crippen LogP) is 4.95. The lowest BCUT2D eigenvalue weighted by Crippen LogP contribution is -2.38. The first kappa shape index (κ1) is 23.2. The van der Waals surface area contributed by atoms with Gasteiger partial charge in [-0.2, -0.15) is 4.98 Å². The van der Waals surface area contributed by atoms with E-state index in [4.69, 9.17) is 40.9 Å². The number of aromatic nitrogens is 2. The first-order valence-corrected chi connectivity index (χ1v) is 11.6. The third-order valence-electron chi connectivity index (χ3n) is 5.54. The number of hydrogen-bond donors (Lipinski definition) is 2. The third kappa shape index (κ3) is 5.01. The van der Waals surface area contributed by atoms with Gasteiger partial charge >= 0.3 is 6.16 Å². The first-order valence-electron chi connectivity index (χ1n) is 10.5. The average Bonchev–Trinajstić information content (AvgIpc) is 3.10. The van der Waals surface area contributed by atoms with Crippen LogP contribution in [0.2, 0.25) is 5.02 Å². The number of halogens is 1. The van der Waals surface area contributed by atoms with Crippen LogP contribution in [0, 0.1) is 6.92 Å². The molecule has 0 atom stereocenters. The maximum Gasteiger partial charge on any atom is 0.506 e. The van der Waals surface area contributed by atoms with Crippen LogP contribution in [0.25, 0.3) is 10.2 Å². The maximum atomic E-state index is 10.8. The van der Waals surface area contributed by atoms with Crippen LogP contribution in [-0.4, -0.2) is 54.6 Å². The summed E-state index contributed by atoms with van der Waals surface area (Å²) in [7, 11) is 3.21. The van der Waals surface area contributed by atoms with Gasteiger partial charge in [0.1, 0.15) is 16.8 Å². The van der Waals surface area contributed by atoms with Crippen LogP contribution in [0.1, 0.15) is 23.3 Å². The zero-order valence-corrected chi connectivity index (χ0v) is 20.1. The third-order valence-corrected chi connectivity index (χ3v) is 7.13. The fourth-order valence-corrected chi connectivity index (χ4v) is 5.09. The van der Waals surface area contributed by atoms with Gasteiger partial charge in [0.25, 0.3) is 0 Å². The molecule has 9 nitrogen and oxygen atoms in total. The van der Waals surface area contributed by atoms with Crippen LogP contribution in [0.5, 0.6) is 11.5 Å². The van der Waals surface area contributed by atoms with Crippen LogP contribution < -0.4 is 19.7 Å². The van der Waals surface area contributed by atoms with Gasteiger partial charge in [-0.1, -0.05) is 17.7 Å². The number of thiophene rings is 1. The molecule has 11 heteroatoms. The molecular weight excluding hydrogens is 468 g/mol. The lowest BCUT2D eigenvalue weighted by atomic mass is 10.1. The Hall–Kier alpha value is -2.98. The van der Waals surface area contributed by atoms with E-state index in [-0.39, 0.29) is 6.10 Å². The van der Waals surface area contributed by atoms with Gasteiger partial charge in [0.15, 0.2) is 11.5 Å². The van der Waals surface area contributed by atoms with Crippen LogP contribution in [-0.2, 0) is 11.3 Å². The Bertz CT molecular complexity index is 1160. The number of rotatable bonds is 7. The van der Waals surface area contributed by atoms with E-state index in [2.05, 4.69) is 5.32 Å². The summed E-state index contributed by atoms with van der Waals surface area (Å²) >= 11 is 8.11. The second-order valence-corrected chi connectivity index (χ2v) is 9.22. The molecule has 0 saturated carbocycles. The number of aryl methyl sites for hydroxylation is 1. The monoisotopic (exact) mass is 492 g/mol. The van der Waals surface area contributed by atoms with Gasteiger partial charge in [-0.05, 0) is 24.6 Å². The van der Waals surface area contributed by atoms with Crippen molar-refractivity contribution in [2.45, 2.75) is 32.4 Å². The van der Waals surface area contributed by atoms with Crippen LogP contribution >= 0.6 is 22.9 Å². The number of nitrogens with zero attached hydrogens (tertiary/aromatic N) is 3. The minimum atomic E-state index is -1.24. The molecule has 2 N–H and O–H groups in total. The standard InChI is InChI=1S/C22H25ClN4O5S/c1-12-18(23)17-19(24-11-13-4-5-15(30-2)16(10-13)31-3)25-21(26-20(17)33-12)27-8-6-14(7-9-27)32-22(28)29/h4-5,10,14H,6-9,11H2,1-3H3,(H,28,29)(H,24,25,26). The lowest BCUT2D eigenvalue weighted by molar-refractivity contribution is 0.0415. The van der Waals surface area contributed by atoms with Gasteiger partial charge < -0.3 is 29.5 Å². The molecule has 0 amide bonds. The smallest absolute Gasteiger partial charge is 0.493 e. The van der Waals surface area contributed by atoms with Gasteiger partial charge in [-0.25, -0.2) is 9.78 Å². The van der Waals surface area contributed by atoms with E-state index in [9.17, 15) is 4.79 Å². The number of methoxy groups -OCH3 is 2. The summed E-state index contributed by atoms with van der Waals surface area (Å²) < 4.78 is 15.6. The molecule has 1 saturated heterocycles. The van der Waals surface area contributed by atoms with E-state index < -0.39 is 6.16 Å².